The van der Waals surface area contributed by atoms with Crippen molar-refractivity contribution in [2.75, 3.05) is 0 Å². The third-order valence-electron chi connectivity index (χ3n) is 3.83. The van der Waals surface area contributed by atoms with Gasteiger partial charge in [0.25, 0.3) is 0 Å². The van der Waals surface area contributed by atoms with Crippen LogP contribution in [-0.2, 0) is 11.8 Å². The van der Waals surface area contributed by atoms with Gasteiger partial charge in [-0.3, -0.25) is 0 Å². The van der Waals surface area contributed by atoms with E-state index in [-0.39, 0.29) is 11.1 Å². The summed E-state index contributed by atoms with van der Waals surface area (Å²) in [6.45, 7) is 1.65. The fourth-order valence-corrected chi connectivity index (χ4v) is 2.72. The van der Waals surface area contributed by atoms with Crippen LogP contribution in [0, 0.1) is 6.92 Å². The minimum Gasteiger partial charge on any atom is -0.384 e. The highest BCUT2D eigenvalue weighted by atomic mass is 19.3. The normalized spacial score (nSPS) is 22.1. The molecule has 0 aliphatic heterocycles. The maximum Gasteiger partial charge on any atom is 0.340 e. The van der Waals surface area contributed by atoms with Crippen LogP contribution in [-0.4, -0.2) is 5.11 Å². The van der Waals surface area contributed by atoms with Crippen molar-refractivity contribution < 1.29 is 22.7 Å². The molecule has 1 aliphatic carbocycles. The fourth-order valence-electron chi connectivity index (χ4n) is 2.72. The van der Waals surface area contributed by atoms with Gasteiger partial charge in [-0.1, -0.05) is 48.0 Å². The molecule has 0 fully saturated rings. The molecule has 0 bridgehead atoms. The summed E-state index contributed by atoms with van der Waals surface area (Å²) in [5, 5.41) is 10.3. The van der Waals surface area contributed by atoms with E-state index >= 15 is 0 Å². The van der Waals surface area contributed by atoms with Crippen LogP contribution in [0.2, 0.25) is 0 Å². The number of hydrogen-bond donors (Lipinski definition) is 1. The predicted octanol–water partition coefficient (Wildman–Crippen LogP) is 4.27. The van der Waals surface area contributed by atoms with Gasteiger partial charge in [0.15, 0.2) is 0 Å². The van der Waals surface area contributed by atoms with Gasteiger partial charge in [0, 0.05) is 11.1 Å². The van der Waals surface area contributed by atoms with Crippen molar-refractivity contribution in [2.45, 2.75) is 24.9 Å². The average molecular weight is 296 g/mol. The highest BCUT2D eigenvalue weighted by Crippen LogP contribution is 2.55. The SMILES string of the molecule is Cc1ccc2c(c1)C(O)c1ccccc1C(F)(F)C2(F)F. The number of aliphatic hydroxyl groups is 1. The molecule has 21 heavy (non-hydrogen) atoms. The molecule has 5 heteroatoms. The van der Waals surface area contributed by atoms with Crippen LogP contribution in [0.25, 0.3) is 0 Å². The number of hydrogen-bond acceptors (Lipinski definition) is 1. The van der Waals surface area contributed by atoms with E-state index < -0.39 is 29.1 Å². The number of rotatable bonds is 0. The molecule has 3 rings (SSSR count). The van der Waals surface area contributed by atoms with Gasteiger partial charge in [0.2, 0.25) is 0 Å². The molecule has 0 saturated carbocycles. The number of fused-ring (bicyclic) bond motifs is 2. The topological polar surface area (TPSA) is 20.2 Å². The molecule has 1 N–H and O–H groups in total. The second-order valence-electron chi connectivity index (χ2n) is 5.23. The second kappa shape index (κ2) is 4.31. The minimum atomic E-state index is -4.39. The molecule has 1 nitrogen and oxygen atoms in total. The van der Waals surface area contributed by atoms with Crippen molar-refractivity contribution in [2.24, 2.45) is 0 Å². The monoisotopic (exact) mass is 296 g/mol. The standard InChI is InChI=1S/C16H12F4O/c1-9-6-7-13-11(8-9)14(21)10-4-2-3-5-12(10)15(17,18)16(13,19)20/h2-8,14,21H,1H3. The maximum atomic E-state index is 14.4. The minimum absolute atomic E-state index is 0.176. The molecular weight excluding hydrogens is 284 g/mol. The lowest BCUT2D eigenvalue weighted by atomic mass is 9.95. The zero-order chi connectivity index (χ0) is 15.4. The number of halogens is 4. The Labute approximate surface area is 118 Å². The molecule has 0 saturated heterocycles. The van der Waals surface area contributed by atoms with E-state index in [9.17, 15) is 22.7 Å². The van der Waals surface area contributed by atoms with Crippen LogP contribution >= 0.6 is 0 Å². The Morgan fingerprint density at radius 3 is 2.10 bits per heavy atom. The third-order valence-corrected chi connectivity index (χ3v) is 3.83. The van der Waals surface area contributed by atoms with Gasteiger partial charge < -0.3 is 5.11 Å². The number of aliphatic hydroxyl groups excluding tert-OH is 1. The quantitative estimate of drug-likeness (QED) is 0.720. The van der Waals surface area contributed by atoms with E-state index in [0.717, 1.165) is 12.1 Å². The van der Waals surface area contributed by atoms with Gasteiger partial charge in [-0.15, -0.1) is 0 Å². The van der Waals surface area contributed by atoms with Crippen molar-refractivity contribution in [1.82, 2.24) is 0 Å². The molecule has 0 radical (unpaired) electrons. The van der Waals surface area contributed by atoms with Crippen LogP contribution in [0.4, 0.5) is 17.6 Å². The van der Waals surface area contributed by atoms with Gasteiger partial charge in [-0.05, 0) is 18.1 Å². The number of aryl methyl sites for hydroxylation is 1. The summed E-state index contributed by atoms with van der Waals surface area (Å²) >= 11 is 0. The first-order valence-corrected chi connectivity index (χ1v) is 6.41. The lowest BCUT2D eigenvalue weighted by Crippen LogP contribution is -2.35. The summed E-state index contributed by atoms with van der Waals surface area (Å²) in [4.78, 5) is 0. The van der Waals surface area contributed by atoms with Crippen molar-refractivity contribution in [3.8, 4) is 0 Å². The van der Waals surface area contributed by atoms with E-state index in [1.54, 1.807) is 6.92 Å². The first-order chi connectivity index (χ1) is 9.76. The highest BCUT2D eigenvalue weighted by molar-refractivity contribution is 5.49. The van der Waals surface area contributed by atoms with Crippen molar-refractivity contribution in [3.05, 3.63) is 70.3 Å². The predicted molar refractivity (Wildman–Crippen MR) is 69.5 cm³/mol. The van der Waals surface area contributed by atoms with Gasteiger partial charge in [0.1, 0.15) is 6.10 Å². The first-order valence-electron chi connectivity index (χ1n) is 6.41. The zero-order valence-corrected chi connectivity index (χ0v) is 11.1. The van der Waals surface area contributed by atoms with E-state index in [2.05, 4.69) is 0 Å². The highest BCUT2D eigenvalue weighted by Gasteiger charge is 2.62. The summed E-state index contributed by atoms with van der Waals surface area (Å²) in [6.07, 6.45) is -1.50. The smallest absolute Gasteiger partial charge is 0.340 e. The van der Waals surface area contributed by atoms with Gasteiger partial charge in [0.05, 0.1) is 0 Å². The van der Waals surface area contributed by atoms with Crippen LogP contribution < -0.4 is 0 Å². The van der Waals surface area contributed by atoms with Crippen LogP contribution in [0.1, 0.15) is 33.9 Å². The van der Waals surface area contributed by atoms with Crippen molar-refractivity contribution in [1.29, 1.82) is 0 Å². The third kappa shape index (κ3) is 1.80. The molecular formula is C16H12F4O. The molecule has 0 heterocycles. The summed E-state index contributed by atoms with van der Waals surface area (Å²) in [5.74, 6) is -8.77. The fraction of sp³-hybridized carbons (Fsp3) is 0.250. The van der Waals surface area contributed by atoms with E-state index in [4.69, 9.17) is 0 Å². The summed E-state index contributed by atoms with van der Waals surface area (Å²) < 4.78 is 57.4. The number of benzene rings is 2. The van der Waals surface area contributed by atoms with Gasteiger partial charge in [-0.2, -0.15) is 17.6 Å². The molecule has 110 valence electrons. The Kier molecular flexibility index (Phi) is 2.89. The van der Waals surface area contributed by atoms with Gasteiger partial charge >= 0.3 is 11.8 Å². The summed E-state index contributed by atoms with van der Waals surface area (Å²) in [5.41, 5.74) is -1.42. The molecule has 0 amide bonds. The maximum absolute atomic E-state index is 14.4. The molecule has 2 aromatic rings. The molecule has 1 atom stereocenters. The Morgan fingerprint density at radius 2 is 1.43 bits per heavy atom. The Bertz CT molecular complexity index is 709. The van der Waals surface area contributed by atoms with Crippen LogP contribution in [0.5, 0.6) is 0 Å². The van der Waals surface area contributed by atoms with E-state index in [0.29, 0.717) is 5.56 Å². The van der Waals surface area contributed by atoms with Gasteiger partial charge in [-0.25, -0.2) is 0 Å². The Hall–Kier alpha value is -1.88. The Morgan fingerprint density at radius 1 is 0.857 bits per heavy atom. The van der Waals surface area contributed by atoms with Crippen LogP contribution in [0.3, 0.4) is 0 Å². The number of alkyl halides is 4. The summed E-state index contributed by atoms with van der Waals surface area (Å²) in [7, 11) is 0. The largest absolute Gasteiger partial charge is 0.384 e. The molecule has 0 aromatic heterocycles. The molecule has 1 unspecified atom stereocenters. The first kappa shape index (κ1) is 14.1. The lowest BCUT2D eigenvalue weighted by molar-refractivity contribution is -0.223. The molecule has 1 aliphatic rings. The summed E-state index contributed by atoms with van der Waals surface area (Å²) in [6, 6.07) is 8.52. The van der Waals surface area contributed by atoms with Crippen LogP contribution in [0.15, 0.2) is 42.5 Å². The van der Waals surface area contributed by atoms with Crippen molar-refractivity contribution in [3.63, 3.8) is 0 Å². The zero-order valence-electron chi connectivity index (χ0n) is 11.1. The average Bonchev–Trinajstić information content (AvgIpc) is 2.49. The second-order valence-corrected chi connectivity index (χ2v) is 5.23. The van der Waals surface area contributed by atoms with E-state index in [1.807, 2.05) is 0 Å². The van der Waals surface area contributed by atoms with E-state index in [1.165, 1.54) is 30.3 Å². The lowest BCUT2D eigenvalue weighted by Gasteiger charge is -2.27. The Balaban J connectivity index is 2.41. The molecule has 0 spiro atoms. The molecule has 2 aromatic carbocycles. The van der Waals surface area contributed by atoms with Crippen molar-refractivity contribution >= 4 is 0 Å².